The minimum Gasteiger partial charge on any atom is -0.207 e. The normalized spacial score (nSPS) is 18.0. The fraction of sp³-hybridized carbons (Fsp3) is 0.550. The van der Waals surface area contributed by atoms with E-state index in [-0.39, 0.29) is 78.0 Å². The predicted octanol–water partition coefficient (Wildman–Crippen LogP) is 28.6. The Hall–Kier alpha value is -5.10. The van der Waals surface area contributed by atoms with Gasteiger partial charge in [-0.25, -0.2) is 26.3 Å². The molecule has 0 radical (unpaired) electrons. The van der Waals surface area contributed by atoms with Gasteiger partial charge < -0.3 is 0 Å². The molecule has 0 nitrogen and oxygen atoms in total. The van der Waals surface area contributed by atoms with Crippen molar-refractivity contribution in [1.82, 2.24) is 0 Å². The molecule has 4 unspecified atom stereocenters. The number of benzene rings is 5. The fourth-order valence-electron chi connectivity index (χ4n) is 8.26. The van der Waals surface area contributed by atoms with Crippen LogP contribution in [0.3, 0.4) is 0 Å². The van der Waals surface area contributed by atoms with E-state index in [0.717, 1.165) is 46.6 Å². The standard InChI is InChI=1S/2C8H8F2.2C8H9F.C8H16.3C8H14.C8H10.8CH4.H2/c1-5-3-7(9)6(2)8(10)4-5;1-5-3-4-6(2)8(10)7(5)9;2*1-6-3-4-7(2)8(9)5-6;5*1-7-3-5-8(2)6-4-7;;;;;;;;;/h2*3-4H,1-2H3;2*3-5H,1-2H3;7-8H,3-6H2,1-2H3;2*3,8H,4-6H2,1-2H3;3,5,7-8H,4,6H2,1-2H3;3-6H,1-2H3;8*1H4;1H. The molecule has 0 amide bonds. The maximum Gasteiger partial charge on any atom is 0.161 e. The van der Waals surface area contributed by atoms with E-state index in [1.165, 1.54) is 133 Å². The Labute approximate surface area is 532 Å². The molecule has 1 saturated carbocycles. The average molecular weight is 1210 g/mol. The summed E-state index contributed by atoms with van der Waals surface area (Å²) < 4.78 is 75.6. The summed E-state index contributed by atoms with van der Waals surface area (Å²) in [6.07, 6.45) is 26.2. The summed E-state index contributed by atoms with van der Waals surface area (Å²) in [7, 11) is 0. The number of rotatable bonds is 0. The van der Waals surface area contributed by atoms with E-state index in [4.69, 9.17) is 0 Å². The Kier molecular flexibility index (Phi) is 59.9. The van der Waals surface area contributed by atoms with Gasteiger partial charge in [-0.15, -0.1) is 0 Å². The molecule has 0 saturated heterocycles. The molecule has 5 aromatic carbocycles. The maximum absolute atomic E-state index is 12.6. The zero-order valence-corrected chi connectivity index (χ0v) is 51.6. The van der Waals surface area contributed by atoms with Gasteiger partial charge in [0.25, 0.3) is 0 Å². The molecule has 4 aliphatic carbocycles. The molecular formula is C80H136F6. The van der Waals surface area contributed by atoms with Gasteiger partial charge in [0, 0.05) is 6.99 Å². The van der Waals surface area contributed by atoms with Gasteiger partial charge in [-0.3, -0.25) is 0 Å². The van der Waals surface area contributed by atoms with Gasteiger partial charge in [-0.05, 0) is 233 Å². The number of halogens is 6. The molecule has 86 heavy (non-hydrogen) atoms. The van der Waals surface area contributed by atoms with Gasteiger partial charge in [0.2, 0.25) is 0 Å². The quantitative estimate of drug-likeness (QED) is 0.107. The third kappa shape index (κ3) is 44.4. The Morgan fingerprint density at radius 3 is 0.802 bits per heavy atom. The lowest BCUT2D eigenvalue weighted by molar-refractivity contribution is 0.308. The molecule has 0 heterocycles. The van der Waals surface area contributed by atoms with Crippen molar-refractivity contribution >= 4 is 0 Å². The smallest absolute Gasteiger partial charge is 0.161 e. The van der Waals surface area contributed by atoms with Crippen LogP contribution in [0.25, 0.3) is 0 Å². The molecule has 0 N–H and O–H groups in total. The first kappa shape index (κ1) is 97.2. The van der Waals surface area contributed by atoms with Crippen LogP contribution in [0.2, 0.25) is 0 Å². The second-order valence-corrected chi connectivity index (χ2v) is 23.5. The van der Waals surface area contributed by atoms with Crippen LogP contribution in [0, 0.1) is 140 Å². The summed E-state index contributed by atoms with van der Waals surface area (Å²) in [5.74, 6) is 2.95. The summed E-state index contributed by atoms with van der Waals surface area (Å²) in [4.78, 5) is 0. The highest BCUT2D eigenvalue weighted by Crippen LogP contribution is 2.27. The summed E-state index contributed by atoms with van der Waals surface area (Å²) in [5, 5.41) is 0. The number of hydrogen-bond donors (Lipinski definition) is 0. The second kappa shape index (κ2) is 53.0. The van der Waals surface area contributed by atoms with Crippen molar-refractivity contribution in [3.05, 3.63) is 211 Å². The van der Waals surface area contributed by atoms with Crippen LogP contribution in [0.5, 0.6) is 0 Å². The molecule has 0 aromatic heterocycles. The first-order valence-electron chi connectivity index (χ1n) is 28.9. The van der Waals surface area contributed by atoms with E-state index in [2.05, 4.69) is 118 Å². The SMILES string of the molecule is C.C.C.C.C.C.C.C.CC1=CCC(C)CC1.CC1=CCC(C)CC1.CC1C=CC(C)CC1.CC1CCC(C)CC1.Cc1cc(F)c(C)c(F)c1.Cc1ccc(C)c(F)c1.Cc1ccc(C)c(F)c1.Cc1ccc(C)c(F)c1F.Cc1ccc(C)cc1.[HH]. The van der Waals surface area contributed by atoms with Crippen molar-refractivity contribution in [1.29, 1.82) is 0 Å². The van der Waals surface area contributed by atoms with Gasteiger partial charge in [0.05, 0.1) is 0 Å². The Morgan fingerprint density at radius 2 is 0.570 bits per heavy atom. The molecule has 0 aliphatic heterocycles. The summed E-state index contributed by atoms with van der Waals surface area (Å²) in [6, 6.07) is 24.7. The van der Waals surface area contributed by atoms with E-state index in [1.807, 2.05) is 26.0 Å². The number of allylic oxidation sites excluding steroid dienone is 6. The highest BCUT2D eigenvalue weighted by atomic mass is 19.2. The van der Waals surface area contributed by atoms with E-state index in [9.17, 15) is 26.3 Å². The summed E-state index contributed by atoms with van der Waals surface area (Å²) >= 11 is 0. The van der Waals surface area contributed by atoms with Crippen LogP contribution in [-0.4, -0.2) is 0 Å². The van der Waals surface area contributed by atoms with Crippen molar-refractivity contribution in [3.8, 4) is 0 Å². The lowest BCUT2D eigenvalue weighted by Gasteiger charge is -2.22. The van der Waals surface area contributed by atoms with Crippen LogP contribution in [-0.2, 0) is 0 Å². The summed E-state index contributed by atoms with van der Waals surface area (Å²) in [6.45, 7) is 36.0. The molecular weight excluding hydrogens is 1070 g/mol. The molecule has 9 rings (SSSR count). The molecule has 498 valence electrons. The van der Waals surface area contributed by atoms with E-state index >= 15 is 0 Å². The first-order chi connectivity index (χ1) is 36.6. The fourth-order valence-corrected chi connectivity index (χ4v) is 8.26. The second-order valence-electron chi connectivity index (χ2n) is 23.5. The number of hydrogen-bond acceptors (Lipinski definition) is 0. The first-order valence-corrected chi connectivity index (χ1v) is 28.9. The van der Waals surface area contributed by atoms with E-state index in [1.54, 1.807) is 56.2 Å². The van der Waals surface area contributed by atoms with Crippen molar-refractivity contribution in [2.24, 2.45) is 35.5 Å². The Morgan fingerprint density at radius 1 is 0.302 bits per heavy atom. The van der Waals surface area contributed by atoms with Gasteiger partial charge in [-0.2, -0.15) is 0 Å². The van der Waals surface area contributed by atoms with Crippen LogP contribution in [0.4, 0.5) is 26.3 Å². The third-order valence-corrected chi connectivity index (χ3v) is 14.7. The zero-order valence-electron chi connectivity index (χ0n) is 51.6. The van der Waals surface area contributed by atoms with E-state index < -0.39 is 23.3 Å². The minimum absolute atomic E-state index is 0. The monoisotopic (exact) mass is 1210 g/mol. The topological polar surface area (TPSA) is 0 Å². The summed E-state index contributed by atoms with van der Waals surface area (Å²) in [5.41, 5.74) is 10.6. The maximum atomic E-state index is 12.6. The molecule has 1 fully saturated rings. The Bertz CT molecular complexity index is 2390. The Balaban J connectivity index is -0.000000111. The van der Waals surface area contributed by atoms with Crippen LogP contribution >= 0.6 is 0 Å². The van der Waals surface area contributed by atoms with Crippen LogP contribution in [0.1, 0.15) is 249 Å². The molecule has 0 bridgehead atoms. The molecule has 6 heteroatoms. The van der Waals surface area contributed by atoms with Crippen molar-refractivity contribution in [2.75, 3.05) is 0 Å². The van der Waals surface area contributed by atoms with Crippen molar-refractivity contribution in [2.45, 2.75) is 261 Å². The highest BCUT2D eigenvalue weighted by Gasteiger charge is 2.13. The van der Waals surface area contributed by atoms with Crippen LogP contribution < -0.4 is 0 Å². The lowest BCUT2D eigenvalue weighted by Crippen LogP contribution is -2.08. The zero-order chi connectivity index (χ0) is 59.1. The molecule has 4 aliphatic rings. The van der Waals surface area contributed by atoms with Gasteiger partial charge >= 0.3 is 0 Å². The molecule has 4 atom stereocenters. The van der Waals surface area contributed by atoms with E-state index in [0.29, 0.717) is 27.8 Å². The lowest BCUT2D eigenvalue weighted by atomic mass is 9.84. The highest BCUT2D eigenvalue weighted by molar-refractivity contribution is 5.26. The predicted molar refractivity (Wildman–Crippen MR) is 382 cm³/mol. The largest absolute Gasteiger partial charge is 0.207 e. The van der Waals surface area contributed by atoms with Crippen molar-refractivity contribution in [3.63, 3.8) is 0 Å². The number of aryl methyl sites for hydroxylation is 9. The van der Waals surface area contributed by atoms with Crippen molar-refractivity contribution < 1.29 is 27.8 Å². The van der Waals surface area contributed by atoms with Gasteiger partial charge in [0.1, 0.15) is 23.3 Å². The average Bonchev–Trinajstić information content (AvgIpc) is 3.40. The van der Waals surface area contributed by atoms with Crippen LogP contribution in [0.15, 0.2) is 120 Å². The van der Waals surface area contributed by atoms with Gasteiger partial charge in [0.15, 0.2) is 11.6 Å². The molecule has 0 spiro atoms. The molecule has 5 aromatic rings. The third-order valence-electron chi connectivity index (χ3n) is 14.7. The minimum atomic E-state index is -0.736. The van der Waals surface area contributed by atoms with Gasteiger partial charge in [-0.1, -0.05) is 234 Å².